The third-order valence-corrected chi connectivity index (χ3v) is 5.27. The molecule has 3 aromatic rings. The van der Waals surface area contributed by atoms with Crippen LogP contribution in [0.25, 0.3) is 21.3 Å². The lowest BCUT2D eigenvalue weighted by Crippen LogP contribution is -2.23. The van der Waals surface area contributed by atoms with Crippen LogP contribution in [0.5, 0.6) is 5.75 Å². The number of carbonyl (C=O) groups excluding carboxylic acids is 1. The van der Waals surface area contributed by atoms with Gasteiger partial charge in [-0.15, -0.1) is 11.3 Å². The van der Waals surface area contributed by atoms with E-state index in [0.29, 0.717) is 10.2 Å². The highest BCUT2D eigenvalue weighted by atomic mass is 32.1. The zero-order chi connectivity index (χ0) is 18.0. The topological polar surface area (TPSA) is 87.2 Å². The van der Waals surface area contributed by atoms with Gasteiger partial charge in [-0.25, -0.2) is 4.98 Å². The fourth-order valence-corrected chi connectivity index (χ4v) is 3.89. The first-order valence-electron chi connectivity index (χ1n) is 7.98. The summed E-state index contributed by atoms with van der Waals surface area (Å²) >= 11 is 1.52. The fourth-order valence-electron chi connectivity index (χ4n) is 2.80. The number of aromatic nitrogens is 2. The molecule has 0 spiro atoms. The molecule has 0 aliphatic heterocycles. The highest BCUT2D eigenvalue weighted by Crippen LogP contribution is 2.37. The van der Waals surface area contributed by atoms with E-state index in [1.807, 2.05) is 24.3 Å². The fraction of sp³-hybridized carbons (Fsp3) is 0.278. The Bertz CT molecular complexity index is 991. The van der Waals surface area contributed by atoms with E-state index in [0.717, 1.165) is 28.2 Å². The minimum Gasteiger partial charge on any atom is -0.497 e. The molecule has 0 saturated carbocycles. The van der Waals surface area contributed by atoms with E-state index >= 15 is 0 Å². The van der Waals surface area contributed by atoms with Crippen LogP contribution >= 0.6 is 11.3 Å². The quantitative estimate of drug-likeness (QED) is 0.734. The van der Waals surface area contributed by atoms with Gasteiger partial charge in [0.05, 0.1) is 18.8 Å². The van der Waals surface area contributed by atoms with E-state index < -0.39 is 5.91 Å². The molecule has 25 heavy (non-hydrogen) atoms. The first kappa shape index (κ1) is 17.2. The number of amides is 1. The summed E-state index contributed by atoms with van der Waals surface area (Å²) in [5, 5.41) is 0.585. The number of ether oxygens (including phenoxy) is 1. The average molecular weight is 357 g/mol. The van der Waals surface area contributed by atoms with Crippen molar-refractivity contribution in [2.75, 3.05) is 7.11 Å². The summed E-state index contributed by atoms with van der Waals surface area (Å²) in [5.41, 5.74) is 6.86. The van der Waals surface area contributed by atoms with Gasteiger partial charge in [0.1, 0.15) is 10.6 Å². The molecule has 130 valence electrons. The number of fused-ring (bicyclic) bond motifs is 1. The molecule has 3 rings (SSSR count). The molecule has 0 atom stereocenters. The number of aryl methyl sites for hydroxylation is 2. The Hall–Kier alpha value is -2.67. The number of nitrogens with two attached hydrogens (primary N) is 1. The molecule has 2 aromatic heterocycles. The first-order valence-corrected chi connectivity index (χ1v) is 8.80. The van der Waals surface area contributed by atoms with Crippen LogP contribution < -0.4 is 16.0 Å². The van der Waals surface area contributed by atoms with Crippen LogP contribution in [-0.4, -0.2) is 22.6 Å². The predicted octanol–water partition coefficient (Wildman–Crippen LogP) is 2.57. The van der Waals surface area contributed by atoms with Crippen molar-refractivity contribution >= 4 is 27.5 Å². The van der Waals surface area contributed by atoms with Gasteiger partial charge >= 0.3 is 0 Å². The normalized spacial score (nSPS) is 11.0. The number of benzene rings is 1. The maximum Gasteiger partial charge on any atom is 0.262 e. The third kappa shape index (κ3) is 3.28. The monoisotopic (exact) mass is 357 g/mol. The molecule has 0 unspecified atom stereocenters. The molecule has 0 bridgehead atoms. The summed E-state index contributed by atoms with van der Waals surface area (Å²) < 4.78 is 6.76. The van der Waals surface area contributed by atoms with E-state index in [2.05, 4.69) is 11.9 Å². The molecular formula is C18H19N3O3S. The van der Waals surface area contributed by atoms with Crippen LogP contribution in [0.2, 0.25) is 0 Å². The standard InChI is InChI=1S/C18H19N3O3S/c1-3-13-15(11-5-4-6-12(9-11)24-2)16-17(25-13)20-10-21(18(16)23)8-7-14(19)22/h4-6,9-10H,3,7-8H2,1-2H3,(H2,19,22). The molecule has 1 aromatic carbocycles. The zero-order valence-corrected chi connectivity index (χ0v) is 14.9. The molecule has 7 heteroatoms. The minimum atomic E-state index is -0.445. The van der Waals surface area contributed by atoms with Gasteiger partial charge < -0.3 is 10.5 Å². The number of nitrogens with zero attached hydrogens (tertiary/aromatic N) is 2. The van der Waals surface area contributed by atoms with Crippen molar-refractivity contribution in [2.24, 2.45) is 5.73 Å². The molecule has 0 radical (unpaired) electrons. The molecule has 1 amide bonds. The molecule has 0 fully saturated rings. The minimum absolute atomic E-state index is 0.104. The van der Waals surface area contributed by atoms with Crippen molar-refractivity contribution in [1.29, 1.82) is 0 Å². The SMILES string of the molecule is CCc1sc2ncn(CCC(N)=O)c(=O)c2c1-c1cccc(OC)c1. The van der Waals surface area contributed by atoms with Gasteiger partial charge in [0.2, 0.25) is 5.91 Å². The van der Waals surface area contributed by atoms with Crippen molar-refractivity contribution in [1.82, 2.24) is 9.55 Å². The molecule has 0 saturated heterocycles. The second-order valence-corrected chi connectivity index (χ2v) is 6.71. The van der Waals surface area contributed by atoms with Gasteiger partial charge in [-0.2, -0.15) is 0 Å². The lowest BCUT2D eigenvalue weighted by molar-refractivity contribution is -0.118. The van der Waals surface area contributed by atoms with Crippen molar-refractivity contribution in [3.8, 4) is 16.9 Å². The van der Waals surface area contributed by atoms with Crippen LogP contribution in [0.3, 0.4) is 0 Å². The van der Waals surface area contributed by atoms with Gasteiger partial charge in [-0.1, -0.05) is 19.1 Å². The summed E-state index contributed by atoms with van der Waals surface area (Å²) in [7, 11) is 1.62. The molecular weight excluding hydrogens is 338 g/mol. The Balaban J connectivity index is 2.23. The summed E-state index contributed by atoms with van der Waals surface area (Å²) in [6, 6.07) is 7.65. The van der Waals surface area contributed by atoms with E-state index in [1.54, 1.807) is 7.11 Å². The van der Waals surface area contributed by atoms with Gasteiger partial charge in [0, 0.05) is 23.4 Å². The average Bonchev–Trinajstić information content (AvgIpc) is 3.00. The Labute approximate surface area is 148 Å². The van der Waals surface area contributed by atoms with Crippen LogP contribution in [0, 0.1) is 0 Å². The molecule has 6 nitrogen and oxygen atoms in total. The number of hydrogen-bond acceptors (Lipinski definition) is 5. The maximum absolute atomic E-state index is 13.0. The molecule has 0 aliphatic rings. The smallest absolute Gasteiger partial charge is 0.262 e. The number of rotatable bonds is 6. The number of methoxy groups -OCH3 is 1. The second-order valence-electron chi connectivity index (χ2n) is 5.63. The van der Waals surface area contributed by atoms with Crippen LogP contribution in [0.15, 0.2) is 35.4 Å². The Kier molecular flexibility index (Phi) is 4.85. The van der Waals surface area contributed by atoms with E-state index in [4.69, 9.17) is 10.5 Å². The lowest BCUT2D eigenvalue weighted by atomic mass is 10.0. The summed E-state index contributed by atoms with van der Waals surface area (Å²) in [4.78, 5) is 30.2. The number of hydrogen-bond donors (Lipinski definition) is 1. The summed E-state index contributed by atoms with van der Waals surface area (Å²) in [5.74, 6) is 0.288. The highest BCUT2D eigenvalue weighted by Gasteiger charge is 2.18. The summed E-state index contributed by atoms with van der Waals surface area (Å²) in [6.07, 6.45) is 2.39. The van der Waals surface area contributed by atoms with Crippen LogP contribution in [0.1, 0.15) is 18.2 Å². The maximum atomic E-state index is 13.0. The van der Waals surface area contributed by atoms with E-state index in [9.17, 15) is 9.59 Å². The Morgan fingerprint density at radius 1 is 1.40 bits per heavy atom. The number of carbonyl (C=O) groups is 1. The van der Waals surface area contributed by atoms with Crippen LogP contribution in [-0.2, 0) is 17.8 Å². The molecule has 2 heterocycles. The van der Waals surface area contributed by atoms with E-state index in [1.165, 1.54) is 22.2 Å². The molecule has 2 N–H and O–H groups in total. The van der Waals surface area contributed by atoms with Gasteiger partial charge in [-0.05, 0) is 24.1 Å². The lowest BCUT2D eigenvalue weighted by Gasteiger charge is -2.07. The Morgan fingerprint density at radius 3 is 2.88 bits per heavy atom. The van der Waals surface area contributed by atoms with Crippen molar-refractivity contribution in [2.45, 2.75) is 26.3 Å². The van der Waals surface area contributed by atoms with Crippen molar-refractivity contribution in [3.05, 3.63) is 45.8 Å². The highest BCUT2D eigenvalue weighted by molar-refractivity contribution is 7.19. The summed E-state index contributed by atoms with van der Waals surface area (Å²) in [6.45, 7) is 2.28. The largest absolute Gasteiger partial charge is 0.497 e. The molecule has 0 aliphatic carbocycles. The second kappa shape index (κ2) is 7.06. The number of primary amides is 1. The van der Waals surface area contributed by atoms with E-state index in [-0.39, 0.29) is 18.5 Å². The van der Waals surface area contributed by atoms with Gasteiger partial charge in [0.25, 0.3) is 5.56 Å². The van der Waals surface area contributed by atoms with Crippen molar-refractivity contribution < 1.29 is 9.53 Å². The first-order chi connectivity index (χ1) is 12.0. The third-order valence-electron chi connectivity index (χ3n) is 4.03. The van der Waals surface area contributed by atoms with Crippen LogP contribution in [0.4, 0.5) is 0 Å². The van der Waals surface area contributed by atoms with Gasteiger partial charge in [0.15, 0.2) is 0 Å². The van der Waals surface area contributed by atoms with Crippen molar-refractivity contribution in [3.63, 3.8) is 0 Å². The Morgan fingerprint density at radius 2 is 2.20 bits per heavy atom. The van der Waals surface area contributed by atoms with Gasteiger partial charge in [-0.3, -0.25) is 14.2 Å². The number of thiophene rings is 1. The zero-order valence-electron chi connectivity index (χ0n) is 14.1. The predicted molar refractivity (Wildman–Crippen MR) is 99.1 cm³/mol.